The minimum absolute atomic E-state index is 0.352. The third-order valence-corrected chi connectivity index (χ3v) is 3.26. The Morgan fingerprint density at radius 1 is 1.41 bits per heavy atom. The Balaban J connectivity index is 2.60. The lowest BCUT2D eigenvalue weighted by Crippen LogP contribution is -2.16. The average Bonchev–Trinajstić information content (AvgIpc) is 2.21. The fourth-order valence-electron chi connectivity index (χ4n) is 1.07. The number of anilines is 1. The van der Waals surface area contributed by atoms with E-state index in [0.717, 1.165) is 0 Å². The fourth-order valence-corrected chi connectivity index (χ4v) is 1.61. The summed E-state index contributed by atoms with van der Waals surface area (Å²) in [6, 6.07) is 4.73. The van der Waals surface area contributed by atoms with E-state index in [1.807, 2.05) is 0 Å². The molecule has 7 heteroatoms. The zero-order valence-corrected chi connectivity index (χ0v) is 10.8. The molecule has 0 unspecified atom stereocenters. The molecule has 1 aromatic rings. The van der Waals surface area contributed by atoms with Crippen LogP contribution in [0.15, 0.2) is 22.7 Å². The van der Waals surface area contributed by atoms with Crippen LogP contribution in [0.5, 0.6) is 0 Å². The maximum absolute atomic E-state index is 11.9. The summed E-state index contributed by atoms with van der Waals surface area (Å²) in [5.41, 5.74) is 0.352. The molecule has 0 aliphatic rings. The minimum Gasteiger partial charge on any atom is -0.325 e. The molecule has 17 heavy (non-hydrogen) atoms. The topological polar surface area (TPSA) is 29.1 Å². The monoisotopic (exact) mass is 329 g/mol. The molecule has 0 bridgehead atoms. The summed E-state index contributed by atoms with van der Waals surface area (Å²) < 4.78 is 36.1. The van der Waals surface area contributed by atoms with Crippen molar-refractivity contribution in [2.45, 2.75) is 19.0 Å². The van der Waals surface area contributed by atoms with Gasteiger partial charge in [-0.3, -0.25) is 4.79 Å². The summed E-state index contributed by atoms with van der Waals surface area (Å²) in [4.78, 5) is 11.2. The van der Waals surface area contributed by atoms with Crippen LogP contribution in [0, 0.1) is 0 Å². The Morgan fingerprint density at radius 2 is 2.06 bits per heavy atom. The number of halogens is 5. The van der Waals surface area contributed by atoms with Crippen LogP contribution in [0.25, 0.3) is 0 Å². The van der Waals surface area contributed by atoms with Gasteiger partial charge in [-0.1, -0.05) is 17.7 Å². The summed E-state index contributed by atoms with van der Waals surface area (Å²) >= 11 is 8.90. The van der Waals surface area contributed by atoms with Crippen LogP contribution >= 0.6 is 27.5 Å². The molecule has 0 fully saturated rings. The Kier molecular flexibility index (Phi) is 4.82. The van der Waals surface area contributed by atoms with Crippen molar-refractivity contribution in [1.82, 2.24) is 0 Å². The summed E-state index contributed by atoms with van der Waals surface area (Å²) in [5.74, 6) is -0.703. The smallest absolute Gasteiger partial charge is 0.325 e. The quantitative estimate of drug-likeness (QED) is 0.875. The van der Waals surface area contributed by atoms with E-state index in [2.05, 4.69) is 21.2 Å². The van der Waals surface area contributed by atoms with Crippen molar-refractivity contribution in [2.24, 2.45) is 0 Å². The molecule has 1 amide bonds. The second-order valence-corrected chi connectivity index (χ2v) is 4.46. The fraction of sp³-hybridized carbons (Fsp3) is 0.300. The van der Waals surface area contributed by atoms with Crippen molar-refractivity contribution in [3.8, 4) is 0 Å². The highest BCUT2D eigenvalue weighted by Gasteiger charge is 2.27. The van der Waals surface area contributed by atoms with E-state index in [1.54, 1.807) is 18.2 Å². The van der Waals surface area contributed by atoms with E-state index >= 15 is 0 Å². The number of amides is 1. The summed E-state index contributed by atoms with van der Waals surface area (Å²) in [5, 5.41) is 2.73. The first-order chi connectivity index (χ1) is 7.79. The second kappa shape index (κ2) is 5.73. The van der Waals surface area contributed by atoms with Gasteiger partial charge < -0.3 is 5.32 Å². The van der Waals surface area contributed by atoms with Crippen LogP contribution < -0.4 is 5.32 Å². The van der Waals surface area contributed by atoms with Crippen LogP contribution in [-0.2, 0) is 4.79 Å². The summed E-state index contributed by atoms with van der Waals surface area (Å²) in [6.07, 6.45) is -6.08. The first-order valence-electron chi connectivity index (χ1n) is 4.60. The molecule has 1 rings (SSSR count). The van der Waals surface area contributed by atoms with Gasteiger partial charge in [0, 0.05) is 6.42 Å². The Hall–Kier alpha value is -0.750. The van der Waals surface area contributed by atoms with Crippen molar-refractivity contribution in [2.75, 3.05) is 5.32 Å². The van der Waals surface area contributed by atoms with Gasteiger partial charge in [0.25, 0.3) is 0 Å². The van der Waals surface area contributed by atoms with E-state index in [4.69, 9.17) is 11.6 Å². The highest BCUT2D eigenvalue weighted by atomic mass is 79.9. The SMILES string of the molecule is O=C(CCC(F)(F)F)Nc1cccc(Cl)c1Br. The van der Waals surface area contributed by atoms with Crippen LogP contribution in [0.2, 0.25) is 5.02 Å². The van der Waals surface area contributed by atoms with E-state index in [1.165, 1.54) is 0 Å². The van der Waals surface area contributed by atoms with Crippen LogP contribution in [-0.4, -0.2) is 12.1 Å². The van der Waals surface area contributed by atoms with Crippen LogP contribution in [0.1, 0.15) is 12.8 Å². The van der Waals surface area contributed by atoms with Gasteiger partial charge >= 0.3 is 6.18 Å². The normalized spacial score (nSPS) is 11.4. The van der Waals surface area contributed by atoms with Crippen molar-refractivity contribution < 1.29 is 18.0 Å². The molecule has 94 valence electrons. The molecule has 0 radical (unpaired) electrons. The molecule has 0 aliphatic carbocycles. The number of carbonyl (C=O) groups excluding carboxylic acids is 1. The molecule has 1 aromatic carbocycles. The minimum atomic E-state index is -4.33. The van der Waals surface area contributed by atoms with Gasteiger partial charge in [0.15, 0.2) is 0 Å². The van der Waals surface area contributed by atoms with Crippen LogP contribution in [0.3, 0.4) is 0 Å². The largest absolute Gasteiger partial charge is 0.389 e. The molecular weight excluding hydrogens is 322 g/mol. The highest BCUT2D eigenvalue weighted by molar-refractivity contribution is 9.10. The van der Waals surface area contributed by atoms with Gasteiger partial charge in [0.05, 0.1) is 21.6 Å². The lowest BCUT2D eigenvalue weighted by atomic mass is 10.2. The molecule has 1 N–H and O–H groups in total. The number of alkyl halides is 3. The number of carbonyl (C=O) groups is 1. The second-order valence-electron chi connectivity index (χ2n) is 3.26. The predicted octanol–water partition coefficient (Wildman–Crippen LogP) is 4.38. The number of rotatable bonds is 3. The van der Waals surface area contributed by atoms with Gasteiger partial charge in [-0.15, -0.1) is 0 Å². The van der Waals surface area contributed by atoms with Gasteiger partial charge in [0.1, 0.15) is 0 Å². The van der Waals surface area contributed by atoms with Crippen molar-refractivity contribution >= 4 is 39.1 Å². The van der Waals surface area contributed by atoms with Gasteiger partial charge in [0.2, 0.25) is 5.91 Å². The van der Waals surface area contributed by atoms with E-state index in [0.29, 0.717) is 15.2 Å². The van der Waals surface area contributed by atoms with Gasteiger partial charge in [-0.2, -0.15) is 13.2 Å². The Morgan fingerprint density at radius 3 is 2.65 bits per heavy atom. The molecule has 0 aromatic heterocycles. The van der Waals surface area contributed by atoms with Crippen molar-refractivity contribution in [1.29, 1.82) is 0 Å². The van der Waals surface area contributed by atoms with Gasteiger partial charge in [-0.25, -0.2) is 0 Å². The third-order valence-electron chi connectivity index (χ3n) is 1.86. The maximum atomic E-state index is 11.9. The third kappa shape index (κ3) is 4.95. The summed E-state index contributed by atoms with van der Waals surface area (Å²) in [7, 11) is 0. The summed E-state index contributed by atoms with van der Waals surface area (Å²) in [6.45, 7) is 0. The number of benzene rings is 1. The van der Waals surface area contributed by atoms with E-state index in [-0.39, 0.29) is 0 Å². The molecular formula is C10H8BrClF3NO. The van der Waals surface area contributed by atoms with E-state index in [9.17, 15) is 18.0 Å². The lowest BCUT2D eigenvalue weighted by Gasteiger charge is -2.09. The number of hydrogen-bond donors (Lipinski definition) is 1. The molecule has 0 aliphatic heterocycles. The van der Waals surface area contributed by atoms with Crippen molar-refractivity contribution in [3.63, 3.8) is 0 Å². The molecule has 0 saturated carbocycles. The predicted molar refractivity (Wildman–Crippen MR) is 63.1 cm³/mol. The lowest BCUT2D eigenvalue weighted by molar-refractivity contribution is -0.142. The van der Waals surface area contributed by atoms with E-state index < -0.39 is 24.9 Å². The van der Waals surface area contributed by atoms with Crippen molar-refractivity contribution in [3.05, 3.63) is 27.7 Å². The zero-order valence-electron chi connectivity index (χ0n) is 8.44. The Bertz CT molecular complexity index is 423. The standard InChI is InChI=1S/C10H8BrClF3NO/c11-9-6(12)2-1-3-7(9)16-8(17)4-5-10(13,14)15/h1-3H,4-5H2,(H,16,17). The van der Waals surface area contributed by atoms with Gasteiger partial charge in [-0.05, 0) is 28.1 Å². The zero-order chi connectivity index (χ0) is 13.1. The highest BCUT2D eigenvalue weighted by Crippen LogP contribution is 2.30. The molecule has 0 spiro atoms. The number of nitrogens with one attached hydrogen (secondary N) is 1. The first-order valence-corrected chi connectivity index (χ1v) is 5.77. The molecule has 0 saturated heterocycles. The average molecular weight is 331 g/mol. The molecule has 0 heterocycles. The number of hydrogen-bond acceptors (Lipinski definition) is 1. The van der Waals surface area contributed by atoms with Crippen LogP contribution in [0.4, 0.5) is 18.9 Å². The Labute approximate surface area is 109 Å². The molecule has 2 nitrogen and oxygen atoms in total. The molecule has 0 atom stereocenters. The first kappa shape index (κ1) is 14.3. The maximum Gasteiger partial charge on any atom is 0.389 e.